The Labute approximate surface area is 128 Å². The maximum absolute atomic E-state index is 13.2. The number of benzene rings is 2. The number of rotatable bonds is 5. The Bertz CT molecular complexity index is 566. The van der Waals surface area contributed by atoms with Crippen molar-refractivity contribution < 1.29 is 4.39 Å². The van der Waals surface area contributed by atoms with Crippen LogP contribution in [0.3, 0.4) is 0 Å². The molecule has 2 aromatic carbocycles. The van der Waals surface area contributed by atoms with Gasteiger partial charge in [-0.2, -0.15) is 0 Å². The maximum Gasteiger partial charge on any atom is 0.124 e. The average Bonchev–Trinajstić information content (AvgIpc) is 2.46. The second kappa shape index (κ2) is 7.00. The highest BCUT2D eigenvalue weighted by molar-refractivity contribution is 9.10. The van der Waals surface area contributed by atoms with Gasteiger partial charge in [-0.1, -0.05) is 53.2 Å². The summed E-state index contributed by atoms with van der Waals surface area (Å²) in [6, 6.07) is 13.7. The van der Waals surface area contributed by atoms with Crippen LogP contribution in [0.5, 0.6) is 0 Å². The van der Waals surface area contributed by atoms with Gasteiger partial charge in [0.2, 0.25) is 0 Å². The highest BCUT2D eigenvalue weighted by atomic mass is 79.9. The molecule has 0 aliphatic heterocycles. The lowest BCUT2D eigenvalue weighted by atomic mass is 9.98. The highest BCUT2D eigenvalue weighted by Crippen LogP contribution is 2.27. The number of nitrogens with one attached hydrogen (secondary N) is 1. The van der Waals surface area contributed by atoms with Crippen LogP contribution in [0.2, 0.25) is 0 Å². The van der Waals surface area contributed by atoms with Gasteiger partial charge in [0.1, 0.15) is 5.82 Å². The van der Waals surface area contributed by atoms with Crippen LogP contribution in [-0.4, -0.2) is 7.05 Å². The van der Waals surface area contributed by atoms with Gasteiger partial charge < -0.3 is 5.32 Å². The van der Waals surface area contributed by atoms with Crippen molar-refractivity contribution in [2.75, 3.05) is 7.05 Å². The first-order chi connectivity index (χ1) is 9.63. The van der Waals surface area contributed by atoms with Gasteiger partial charge in [0, 0.05) is 10.5 Å². The van der Waals surface area contributed by atoms with Crippen LogP contribution < -0.4 is 5.32 Å². The summed E-state index contributed by atoms with van der Waals surface area (Å²) in [5.74, 6) is -0.220. The standard InChI is InChI=1S/C17H19BrFN/c1-3-12-4-6-13(7-5-12)10-17(20-2)15-9-8-14(19)11-16(15)18/h4-9,11,17,20H,3,10H2,1-2H3. The Kier molecular flexibility index (Phi) is 5.32. The van der Waals surface area contributed by atoms with Gasteiger partial charge in [0.05, 0.1) is 0 Å². The summed E-state index contributed by atoms with van der Waals surface area (Å²) in [5.41, 5.74) is 3.70. The van der Waals surface area contributed by atoms with E-state index in [2.05, 4.69) is 52.4 Å². The molecular weight excluding hydrogens is 317 g/mol. The third-order valence-electron chi connectivity index (χ3n) is 3.56. The lowest BCUT2D eigenvalue weighted by molar-refractivity contribution is 0.583. The Morgan fingerprint density at radius 2 is 1.75 bits per heavy atom. The van der Waals surface area contributed by atoms with Gasteiger partial charge in [-0.05, 0) is 48.7 Å². The second-order valence-electron chi connectivity index (χ2n) is 4.88. The Hall–Kier alpha value is -1.19. The number of hydrogen-bond acceptors (Lipinski definition) is 1. The first-order valence-corrected chi connectivity index (χ1v) is 7.63. The predicted molar refractivity (Wildman–Crippen MR) is 85.4 cm³/mol. The molecule has 20 heavy (non-hydrogen) atoms. The Morgan fingerprint density at radius 1 is 1.10 bits per heavy atom. The van der Waals surface area contributed by atoms with Crippen LogP contribution in [0.15, 0.2) is 46.9 Å². The van der Waals surface area contributed by atoms with Gasteiger partial charge in [0.15, 0.2) is 0 Å². The summed E-state index contributed by atoms with van der Waals surface area (Å²) in [4.78, 5) is 0. The molecule has 0 aliphatic rings. The summed E-state index contributed by atoms with van der Waals surface area (Å²) in [6.45, 7) is 2.15. The zero-order valence-electron chi connectivity index (χ0n) is 11.8. The fraction of sp³-hybridized carbons (Fsp3) is 0.294. The molecule has 0 saturated carbocycles. The first-order valence-electron chi connectivity index (χ1n) is 6.84. The van der Waals surface area contributed by atoms with Crippen LogP contribution >= 0.6 is 15.9 Å². The molecule has 1 atom stereocenters. The predicted octanol–water partition coefficient (Wildman–Crippen LogP) is 4.65. The van der Waals surface area contributed by atoms with Crippen molar-refractivity contribution in [1.29, 1.82) is 0 Å². The molecule has 0 aliphatic carbocycles. The van der Waals surface area contributed by atoms with E-state index in [0.717, 1.165) is 22.9 Å². The molecule has 0 saturated heterocycles. The third-order valence-corrected chi connectivity index (χ3v) is 4.24. The maximum atomic E-state index is 13.2. The number of hydrogen-bond donors (Lipinski definition) is 1. The van der Waals surface area contributed by atoms with E-state index in [1.165, 1.54) is 23.3 Å². The molecule has 106 valence electrons. The molecule has 0 aromatic heterocycles. The van der Waals surface area contributed by atoms with Gasteiger partial charge in [-0.3, -0.25) is 0 Å². The van der Waals surface area contributed by atoms with Crippen LogP contribution in [0.4, 0.5) is 4.39 Å². The lowest BCUT2D eigenvalue weighted by Gasteiger charge is -2.18. The van der Waals surface area contributed by atoms with Crippen molar-refractivity contribution in [3.05, 3.63) is 69.4 Å². The van der Waals surface area contributed by atoms with Crippen molar-refractivity contribution in [3.63, 3.8) is 0 Å². The summed E-state index contributed by atoms with van der Waals surface area (Å²) in [6.07, 6.45) is 1.93. The van der Waals surface area contributed by atoms with Crippen molar-refractivity contribution in [2.45, 2.75) is 25.8 Å². The van der Waals surface area contributed by atoms with Gasteiger partial charge in [-0.15, -0.1) is 0 Å². The second-order valence-corrected chi connectivity index (χ2v) is 5.74. The SMILES string of the molecule is CCc1ccc(CC(NC)c2ccc(F)cc2Br)cc1. The van der Waals surface area contributed by atoms with Gasteiger partial charge >= 0.3 is 0 Å². The molecule has 0 spiro atoms. The van der Waals surface area contributed by atoms with Crippen LogP contribution in [-0.2, 0) is 12.8 Å². The van der Waals surface area contributed by atoms with Crippen LogP contribution in [0, 0.1) is 5.82 Å². The molecule has 0 heterocycles. The van der Waals surface area contributed by atoms with E-state index >= 15 is 0 Å². The quantitative estimate of drug-likeness (QED) is 0.838. The molecule has 2 aromatic rings. The summed E-state index contributed by atoms with van der Waals surface area (Å²) >= 11 is 3.44. The van der Waals surface area contributed by atoms with Gasteiger partial charge in [-0.25, -0.2) is 4.39 Å². The summed E-state index contributed by atoms with van der Waals surface area (Å²) in [7, 11) is 1.93. The Morgan fingerprint density at radius 3 is 2.30 bits per heavy atom. The number of likely N-dealkylation sites (N-methyl/N-ethyl adjacent to an activating group) is 1. The Balaban J connectivity index is 2.19. The molecule has 2 rings (SSSR count). The fourth-order valence-corrected chi connectivity index (χ4v) is 2.93. The minimum atomic E-state index is -0.220. The number of aryl methyl sites for hydroxylation is 1. The van der Waals surface area contributed by atoms with E-state index in [9.17, 15) is 4.39 Å². The molecule has 1 N–H and O–H groups in total. The molecule has 1 nitrogen and oxygen atoms in total. The van der Waals surface area contributed by atoms with E-state index in [1.807, 2.05) is 13.1 Å². The lowest BCUT2D eigenvalue weighted by Crippen LogP contribution is -2.19. The van der Waals surface area contributed by atoms with E-state index in [1.54, 1.807) is 0 Å². The van der Waals surface area contributed by atoms with Gasteiger partial charge in [0.25, 0.3) is 0 Å². The van der Waals surface area contributed by atoms with Crippen molar-refractivity contribution in [3.8, 4) is 0 Å². The average molecular weight is 336 g/mol. The normalized spacial score (nSPS) is 12.4. The molecule has 0 fully saturated rings. The molecule has 3 heteroatoms. The third kappa shape index (κ3) is 3.68. The topological polar surface area (TPSA) is 12.0 Å². The molecule has 0 amide bonds. The van der Waals surface area contributed by atoms with E-state index in [4.69, 9.17) is 0 Å². The smallest absolute Gasteiger partial charge is 0.124 e. The van der Waals surface area contributed by atoms with Crippen LogP contribution in [0.25, 0.3) is 0 Å². The minimum Gasteiger partial charge on any atom is -0.313 e. The van der Waals surface area contributed by atoms with Crippen LogP contribution in [0.1, 0.15) is 29.7 Å². The monoisotopic (exact) mass is 335 g/mol. The highest BCUT2D eigenvalue weighted by Gasteiger charge is 2.13. The van der Waals surface area contributed by atoms with E-state index in [0.29, 0.717) is 0 Å². The molecule has 0 bridgehead atoms. The molecular formula is C17H19BrFN. The fourth-order valence-electron chi connectivity index (χ4n) is 2.30. The van der Waals surface area contributed by atoms with E-state index < -0.39 is 0 Å². The molecule has 0 radical (unpaired) electrons. The largest absolute Gasteiger partial charge is 0.313 e. The molecule has 1 unspecified atom stereocenters. The first kappa shape index (κ1) is 15.2. The summed E-state index contributed by atoms with van der Waals surface area (Å²) < 4.78 is 14.0. The zero-order chi connectivity index (χ0) is 14.5. The zero-order valence-corrected chi connectivity index (χ0v) is 13.4. The van der Waals surface area contributed by atoms with E-state index in [-0.39, 0.29) is 11.9 Å². The minimum absolute atomic E-state index is 0.164. The van der Waals surface area contributed by atoms with Crippen molar-refractivity contribution >= 4 is 15.9 Å². The number of halogens is 2. The summed E-state index contributed by atoms with van der Waals surface area (Å²) in [5, 5.41) is 3.30. The van der Waals surface area contributed by atoms with Crippen molar-refractivity contribution in [2.24, 2.45) is 0 Å². The van der Waals surface area contributed by atoms with Crippen molar-refractivity contribution in [1.82, 2.24) is 5.32 Å².